The first-order chi connectivity index (χ1) is 8.64. The van der Waals surface area contributed by atoms with E-state index in [4.69, 9.17) is 14.2 Å². The van der Waals surface area contributed by atoms with Crippen LogP contribution >= 0.6 is 0 Å². The van der Waals surface area contributed by atoms with Gasteiger partial charge in [0.1, 0.15) is 11.9 Å². The summed E-state index contributed by atoms with van der Waals surface area (Å²) in [6, 6.07) is 0. The van der Waals surface area contributed by atoms with E-state index in [-0.39, 0.29) is 17.5 Å². The normalized spacial score (nSPS) is 48.6. The largest absolute Gasteiger partial charge is 0.431 e. The molecule has 0 N–H and O–H groups in total. The molecule has 4 aliphatic rings. The number of carbonyl (C=O) groups excluding carboxylic acids is 1. The van der Waals surface area contributed by atoms with Crippen molar-refractivity contribution >= 4 is 5.97 Å². The maximum Gasteiger partial charge on any atom is 0.316 e. The van der Waals surface area contributed by atoms with Gasteiger partial charge >= 0.3 is 5.97 Å². The van der Waals surface area contributed by atoms with Crippen LogP contribution in [0.15, 0.2) is 11.8 Å². The summed E-state index contributed by atoms with van der Waals surface area (Å²) in [5.74, 6) is 0.723. The van der Waals surface area contributed by atoms with Gasteiger partial charge in [0, 0.05) is 6.42 Å². The first kappa shape index (κ1) is 11.0. The maximum absolute atomic E-state index is 12.3. The van der Waals surface area contributed by atoms with Crippen LogP contribution in [0.5, 0.6) is 0 Å². The average Bonchev–Trinajstić information content (AvgIpc) is 3.22. The van der Waals surface area contributed by atoms with Crippen molar-refractivity contribution in [2.24, 2.45) is 5.41 Å². The fourth-order valence-corrected chi connectivity index (χ4v) is 3.22. The molecule has 2 saturated heterocycles. The summed E-state index contributed by atoms with van der Waals surface area (Å²) >= 11 is 0. The van der Waals surface area contributed by atoms with E-state index >= 15 is 0 Å². The number of hydrogen-bond acceptors (Lipinski definition) is 4. The molecule has 4 rings (SSSR count). The zero-order valence-electron chi connectivity index (χ0n) is 10.6. The minimum atomic E-state index is -0.361. The van der Waals surface area contributed by atoms with Crippen molar-refractivity contribution in [1.82, 2.24) is 0 Å². The van der Waals surface area contributed by atoms with E-state index in [0.29, 0.717) is 18.3 Å². The monoisotopic (exact) mass is 250 g/mol. The van der Waals surface area contributed by atoms with Crippen molar-refractivity contribution in [3.63, 3.8) is 0 Å². The van der Waals surface area contributed by atoms with Gasteiger partial charge in [-0.3, -0.25) is 4.79 Å². The second-order valence-electron chi connectivity index (χ2n) is 6.22. The van der Waals surface area contributed by atoms with Crippen molar-refractivity contribution in [2.75, 3.05) is 0 Å². The van der Waals surface area contributed by atoms with Gasteiger partial charge in [-0.25, -0.2) is 0 Å². The summed E-state index contributed by atoms with van der Waals surface area (Å²) in [6.45, 7) is 2.01. The molecule has 5 unspecified atom stereocenters. The third kappa shape index (κ3) is 1.79. The molecule has 4 nitrogen and oxygen atoms in total. The molecule has 2 aliphatic heterocycles. The fraction of sp³-hybridized carbons (Fsp3) is 0.786. The molecular formula is C14H18O4. The Bertz CT molecular complexity index is 430. The lowest BCUT2D eigenvalue weighted by atomic mass is 9.76. The number of hydrogen-bond donors (Lipinski definition) is 0. The van der Waals surface area contributed by atoms with Gasteiger partial charge in [-0.15, -0.1) is 0 Å². The Balaban J connectivity index is 1.43. The molecule has 0 aromatic rings. The number of epoxide rings is 2. The molecule has 3 fully saturated rings. The Labute approximate surface area is 106 Å². The Kier molecular flexibility index (Phi) is 2.19. The Hall–Kier alpha value is -0.870. The third-order valence-electron chi connectivity index (χ3n) is 4.68. The van der Waals surface area contributed by atoms with Gasteiger partial charge in [-0.05, 0) is 38.7 Å². The Morgan fingerprint density at radius 1 is 1.33 bits per heavy atom. The highest BCUT2D eigenvalue weighted by molar-refractivity contribution is 5.77. The lowest BCUT2D eigenvalue weighted by Gasteiger charge is -2.29. The van der Waals surface area contributed by atoms with Crippen LogP contribution in [0.4, 0.5) is 0 Å². The lowest BCUT2D eigenvalue weighted by Crippen LogP contribution is -2.34. The van der Waals surface area contributed by atoms with Gasteiger partial charge < -0.3 is 14.2 Å². The van der Waals surface area contributed by atoms with Crippen LogP contribution in [-0.4, -0.2) is 30.4 Å². The standard InChI is InChI=1S/C14H18O4/c1-14(5-4-10-12(7-14)18-10)13(15)16-8-2-3-9-11(6-8)17-9/h6,9-12H,2-5,7H2,1H3. The Morgan fingerprint density at radius 2 is 2.22 bits per heavy atom. The molecule has 0 aromatic heterocycles. The molecule has 4 heteroatoms. The summed E-state index contributed by atoms with van der Waals surface area (Å²) in [7, 11) is 0. The van der Waals surface area contributed by atoms with Crippen molar-refractivity contribution < 1.29 is 19.0 Å². The van der Waals surface area contributed by atoms with Gasteiger partial charge in [0.05, 0.1) is 23.7 Å². The lowest BCUT2D eigenvalue weighted by molar-refractivity contribution is -0.152. The van der Waals surface area contributed by atoms with Crippen LogP contribution in [0.25, 0.3) is 0 Å². The summed E-state index contributed by atoms with van der Waals surface area (Å²) in [5.41, 5.74) is -0.361. The molecule has 18 heavy (non-hydrogen) atoms. The van der Waals surface area contributed by atoms with E-state index in [2.05, 4.69) is 0 Å². The molecule has 0 bridgehead atoms. The molecule has 0 amide bonds. The highest BCUT2D eigenvalue weighted by Gasteiger charge is 2.52. The molecular weight excluding hydrogens is 232 g/mol. The predicted molar refractivity (Wildman–Crippen MR) is 62.7 cm³/mol. The van der Waals surface area contributed by atoms with Crippen molar-refractivity contribution in [3.05, 3.63) is 11.8 Å². The molecule has 2 heterocycles. The van der Waals surface area contributed by atoms with Crippen molar-refractivity contribution in [2.45, 2.75) is 63.4 Å². The second-order valence-corrected chi connectivity index (χ2v) is 6.22. The Morgan fingerprint density at radius 3 is 3.00 bits per heavy atom. The summed E-state index contributed by atoms with van der Waals surface area (Å²) in [4.78, 5) is 12.3. The number of esters is 1. The SMILES string of the molecule is CC1(C(=O)OC2=CC3OC3CC2)CCC2OC2C1. The molecule has 2 aliphatic carbocycles. The van der Waals surface area contributed by atoms with Gasteiger partial charge in [-0.1, -0.05) is 0 Å². The second kappa shape index (κ2) is 3.58. The van der Waals surface area contributed by atoms with Crippen molar-refractivity contribution in [3.8, 4) is 0 Å². The molecule has 0 radical (unpaired) electrons. The zero-order valence-corrected chi connectivity index (χ0v) is 10.6. The van der Waals surface area contributed by atoms with Gasteiger partial charge in [0.25, 0.3) is 0 Å². The van der Waals surface area contributed by atoms with Crippen molar-refractivity contribution in [1.29, 1.82) is 0 Å². The summed E-state index contributed by atoms with van der Waals surface area (Å²) < 4.78 is 16.5. The van der Waals surface area contributed by atoms with E-state index in [9.17, 15) is 4.79 Å². The fourth-order valence-electron chi connectivity index (χ4n) is 3.22. The van der Waals surface area contributed by atoms with Crippen LogP contribution in [0.2, 0.25) is 0 Å². The average molecular weight is 250 g/mol. The van der Waals surface area contributed by atoms with Gasteiger partial charge in [0.15, 0.2) is 0 Å². The number of allylic oxidation sites excluding steroid dienone is 1. The molecule has 5 atom stereocenters. The molecule has 98 valence electrons. The third-order valence-corrected chi connectivity index (χ3v) is 4.68. The smallest absolute Gasteiger partial charge is 0.316 e. The quantitative estimate of drug-likeness (QED) is 0.555. The molecule has 0 spiro atoms. The van der Waals surface area contributed by atoms with Crippen LogP contribution in [-0.2, 0) is 19.0 Å². The first-order valence-corrected chi connectivity index (χ1v) is 6.88. The topological polar surface area (TPSA) is 51.4 Å². The number of ether oxygens (including phenoxy) is 3. The number of rotatable bonds is 2. The van der Waals surface area contributed by atoms with E-state index in [0.717, 1.165) is 37.9 Å². The first-order valence-electron chi connectivity index (χ1n) is 6.88. The molecule has 1 saturated carbocycles. The van der Waals surface area contributed by atoms with Crippen LogP contribution in [0.1, 0.15) is 39.0 Å². The number of carbonyl (C=O) groups is 1. The van der Waals surface area contributed by atoms with E-state index in [1.807, 2.05) is 13.0 Å². The van der Waals surface area contributed by atoms with Crippen LogP contribution < -0.4 is 0 Å². The van der Waals surface area contributed by atoms with E-state index in [1.165, 1.54) is 0 Å². The predicted octanol–water partition coefficient (Wildman–Crippen LogP) is 1.93. The van der Waals surface area contributed by atoms with Gasteiger partial charge in [0.2, 0.25) is 0 Å². The summed E-state index contributed by atoms with van der Waals surface area (Å²) in [5, 5.41) is 0. The van der Waals surface area contributed by atoms with E-state index < -0.39 is 0 Å². The minimum absolute atomic E-state index is 0.0817. The van der Waals surface area contributed by atoms with Crippen LogP contribution in [0.3, 0.4) is 0 Å². The van der Waals surface area contributed by atoms with Crippen LogP contribution in [0, 0.1) is 5.41 Å². The highest BCUT2D eigenvalue weighted by Crippen LogP contribution is 2.47. The number of fused-ring (bicyclic) bond motifs is 2. The molecule has 0 aromatic carbocycles. The van der Waals surface area contributed by atoms with E-state index in [1.54, 1.807) is 0 Å². The minimum Gasteiger partial charge on any atom is -0.431 e. The zero-order chi connectivity index (χ0) is 12.3. The maximum atomic E-state index is 12.3. The highest BCUT2D eigenvalue weighted by atomic mass is 16.6. The summed E-state index contributed by atoms with van der Waals surface area (Å²) in [6.07, 6.45) is 7.76. The van der Waals surface area contributed by atoms with Gasteiger partial charge in [-0.2, -0.15) is 0 Å².